The van der Waals surface area contributed by atoms with Crippen LogP contribution in [0, 0.1) is 5.92 Å². The Morgan fingerprint density at radius 1 is 1.19 bits per heavy atom. The first kappa shape index (κ1) is 17.6. The second-order valence-corrected chi connectivity index (χ2v) is 5.50. The van der Waals surface area contributed by atoms with Crippen molar-refractivity contribution in [3.63, 3.8) is 0 Å². The molecule has 0 saturated carbocycles. The smallest absolute Gasteiger partial charge is 0.258 e. The van der Waals surface area contributed by atoms with Crippen LogP contribution in [0.2, 0.25) is 10.0 Å². The number of halogens is 2. The third kappa shape index (κ3) is 6.69. The molecule has 0 atom stereocenters. The van der Waals surface area contributed by atoms with E-state index in [1.54, 1.807) is 32.0 Å². The van der Waals surface area contributed by atoms with E-state index in [0.29, 0.717) is 28.9 Å². The van der Waals surface area contributed by atoms with Crippen molar-refractivity contribution in [1.29, 1.82) is 0 Å². The third-order valence-corrected chi connectivity index (χ3v) is 3.07. The Kier molecular flexibility index (Phi) is 7.32. The largest absolute Gasteiger partial charge is 0.482 e. The van der Waals surface area contributed by atoms with E-state index in [1.807, 2.05) is 0 Å². The van der Waals surface area contributed by atoms with Gasteiger partial charge in [0, 0.05) is 30.1 Å². The monoisotopic (exact) mass is 332 g/mol. The molecule has 0 saturated heterocycles. The summed E-state index contributed by atoms with van der Waals surface area (Å²) in [6.45, 7) is 4.15. The zero-order valence-corrected chi connectivity index (χ0v) is 13.4. The van der Waals surface area contributed by atoms with E-state index in [4.69, 9.17) is 27.9 Å². The Morgan fingerprint density at radius 2 is 1.86 bits per heavy atom. The Bertz CT molecular complexity index is 507. The van der Waals surface area contributed by atoms with Gasteiger partial charge in [0.1, 0.15) is 5.75 Å². The molecular formula is C14H18Cl2N2O3. The lowest BCUT2D eigenvalue weighted by Gasteiger charge is -2.10. The molecule has 0 fully saturated rings. The van der Waals surface area contributed by atoms with Gasteiger partial charge >= 0.3 is 0 Å². The molecule has 7 heteroatoms. The summed E-state index contributed by atoms with van der Waals surface area (Å²) >= 11 is 11.7. The molecule has 2 amide bonds. The molecular weight excluding hydrogens is 315 g/mol. The normalized spacial score (nSPS) is 10.3. The van der Waals surface area contributed by atoms with E-state index >= 15 is 0 Å². The highest BCUT2D eigenvalue weighted by Gasteiger charge is 2.08. The minimum Gasteiger partial charge on any atom is -0.482 e. The summed E-state index contributed by atoms with van der Waals surface area (Å²) < 4.78 is 5.28. The van der Waals surface area contributed by atoms with Crippen molar-refractivity contribution in [3.8, 4) is 5.75 Å². The van der Waals surface area contributed by atoms with Gasteiger partial charge in [-0.05, 0) is 12.1 Å². The summed E-state index contributed by atoms with van der Waals surface area (Å²) in [7, 11) is 0. The molecule has 0 aliphatic carbocycles. The lowest BCUT2D eigenvalue weighted by molar-refractivity contribution is -0.125. The average Bonchev–Trinajstić information content (AvgIpc) is 2.44. The van der Waals surface area contributed by atoms with Crippen LogP contribution in [0.25, 0.3) is 0 Å². The van der Waals surface area contributed by atoms with Gasteiger partial charge < -0.3 is 15.4 Å². The number of rotatable bonds is 7. The van der Waals surface area contributed by atoms with Gasteiger partial charge in [-0.25, -0.2) is 0 Å². The number of amides is 2. The molecule has 0 spiro atoms. The number of ether oxygens (including phenoxy) is 1. The second-order valence-electron chi connectivity index (χ2n) is 4.66. The maximum Gasteiger partial charge on any atom is 0.258 e. The fourth-order valence-electron chi connectivity index (χ4n) is 1.37. The van der Waals surface area contributed by atoms with Gasteiger partial charge in [-0.1, -0.05) is 37.0 Å². The van der Waals surface area contributed by atoms with Gasteiger partial charge in [0.2, 0.25) is 5.91 Å². The predicted molar refractivity (Wildman–Crippen MR) is 82.8 cm³/mol. The molecule has 116 valence electrons. The third-order valence-electron chi connectivity index (χ3n) is 2.52. The molecule has 0 unspecified atom stereocenters. The highest BCUT2D eigenvalue weighted by Crippen LogP contribution is 2.27. The molecule has 0 aromatic heterocycles. The van der Waals surface area contributed by atoms with E-state index in [9.17, 15) is 9.59 Å². The van der Waals surface area contributed by atoms with Crippen LogP contribution in [0.1, 0.15) is 13.8 Å². The van der Waals surface area contributed by atoms with Crippen LogP contribution in [0.3, 0.4) is 0 Å². The molecule has 0 heterocycles. The molecule has 1 rings (SSSR count). The molecule has 21 heavy (non-hydrogen) atoms. The van der Waals surface area contributed by atoms with Crippen LogP contribution in [-0.4, -0.2) is 31.5 Å². The standard InChI is InChI=1S/C14H18Cl2N2O3/c1-9(2)14(20)18-6-5-17-13(19)8-21-12-7-10(15)3-4-11(12)16/h3-4,7,9H,5-6,8H2,1-2H3,(H,17,19)(H,18,20). The topological polar surface area (TPSA) is 67.4 Å². The van der Waals surface area contributed by atoms with Gasteiger partial charge in [0.25, 0.3) is 5.91 Å². The summed E-state index contributed by atoms with van der Waals surface area (Å²) in [4.78, 5) is 22.9. The van der Waals surface area contributed by atoms with Gasteiger partial charge in [-0.3, -0.25) is 9.59 Å². The van der Waals surface area contributed by atoms with Gasteiger partial charge in [0.05, 0.1) is 5.02 Å². The van der Waals surface area contributed by atoms with Gasteiger partial charge in [-0.15, -0.1) is 0 Å². The van der Waals surface area contributed by atoms with Crippen molar-refractivity contribution >= 4 is 35.0 Å². The molecule has 0 radical (unpaired) electrons. The van der Waals surface area contributed by atoms with Crippen LogP contribution in [0.4, 0.5) is 0 Å². The number of carbonyl (C=O) groups is 2. The zero-order valence-electron chi connectivity index (χ0n) is 11.9. The summed E-state index contributed by atoms with van der Waals surface area (Å²) in [5, 5.41) is 6.18. The SMILES string of the molecule is CC(C)C(=O)NCCNC(=O)COc1cc(Cl)ccc1Cl. The average molecular weight is 333 g/mol. The maximum atomic E-state index is 11.6. The summed E-state index contributed by atoms with van der Waals surface area (Å²) in [6, 6.07) is 4.77. The highest BCUT2D eigenvalue weighted by molar-refractivity contribution is 6.34. The zero-order chi connectivity index (χ0) is 15.8. The van der Waals surface area contributed by atoms with Crippen molar-refractivity contribution in [2.45, 2.75) is 13.8 Å². The minimum absolute atomic E-state index is 0.0498. The fraction of sp³-hybridized carbons (Fsp3) is 0.429. The fourth-order valence-corrected chi connectivity index (χ4v) is 1.71. The van der Waals surface area contributed by atoms with E-state index in [0.717, 1.165) is 0 Å². The quantitative estimate of drug-likeness (QED) is 0.752. The van der Waals surface area contributed by atoms with E-state index in [1.165, 1.54) is 0 Å². The Morgan fingerprint density at radius 3 is 2.52 bits per heavy atom. The maximum absolute atomic E-state index is 11.6. The first-order valence-electron chi connectivity index (χ1n) is 6.52. The van der Waals surface area contributed by atoms with Crippen LogP contribution in [-0.2, 0) is 9.59 Å². The van der Waals surface area contributed by atoms with Crippen LogP contribution < -0.4 is 15.4 Å². The van der Waals surface area contributed by atoms with Crippen molar-refractivity contribution in [2.75, 3.05) is 19.7 Å². The van der Waals surface area contributed by atoms with Crippen LogP contribution in [0.5, 0.6) is 5.75 Å². The predicted octanol–water partition coefficient (Wildman–Crippen LogP) is 2.26. The van der Waals surface area contributed by atoms with Crippen LogP contribution in [0.15, 0.2) is 18.2 Å². The number of carbonyl (C=O) groups excluding carboxylic acids is 2. The molecule has 1 aromatic rings. The van der Waals surface area contributed by atoms with E-state index in [-0.39, 0.29) is 24.3 Å². The lowest BCUT2D eigenvalue weighted by atomic mass is 10.2. The molecule has 0 aliphatic heterocycles. The van der Waals surface area contributed by atoms with Crippen molar-refractivity contribution in [2.24, 2.45) is 5.92 Å². The molecule has 5 nitrogen and oxygen atoms in total. The van der Waals surface area contributed by atoms with Gasteiger partial charge in [0.15, 0.2) is 6.61 Å². The second kappa shape index (κ2) is 8.74. The van der Waals surface area contributed by atoms with Crippen molar-refractivity contribution in [1.82, 2.24) is 10.6 Å². The molecule has 0 aliphatic rings. The van der Waals surface area contributed by atoms with Crippen molar-refractivity contribution < 1.29 is 14.3 Å². The Hall–Kier alpha value is -1.46. The van der Waals surface area contributed by atoms with E-state index < -0.39 is 0 Å². The lowest BCUT2D eigenvalue weighted by Crippen LogP contribution is -2.38. The Balaban J connectivity index is 2.25. The van der Waals surface area contributed by atoms with E-state index in [2.05, 4.69) is 10.6 Å². The number of nitrogens with one attached hydrogen (secondary N) is 2. The summed E-state index contributed by atoms with van der Waals surface area (Å²) in [5.74, 6) is -0.0718. The molecule has 0 bridgehead atoms. The molecule has 1 aromatic carbocycles. The number of benzene rings is 1. The number of hydrogen-bond donors (Lipinski definition) is 2. The molecule has 2 N–H and O–H groups in total. The minimum atomic E-state index is -0.301. The van der Waals surface area contributed by atoms with Crippen LogP contribution >= 0.6 is 23.2 Å². The number of hydrogen-bond acceptors (Lipinski definition) is 3. The van der Waals surface area contributed by atoms with Crippen molar-refractivity contribution in [3.05, 3.63) is 28.2 Å². The highest BCUT2D eigenvalue weighted by atomic mass is 35.5. The summed E-state index contributed by atoms with van der Waals surface area (Å²) in [5.41, 5.74) is 0. The first-order chi connectivity index (χ1) is 9.90. The summed E-state index contributed by atoms with van der Waals surface area (Å²) in [6.07, 6.45) is 0. The Labute approximate surface area is 133 Å². The van der Waals surface area contributed by atoms with Gasteiger partial charge in [-0.2, -0.15) is 0 Å². The first-order valence-corrected chi connectivity index (χ1v) is 7.28.